The molecule has 20 heavy (non-hydrogen) atoms. The minimum Gasteiger partial charge on any atom is -0.355 e. The lowest BCUT2D eigenvalue weighted by Gasteiger charge is -2.30. The van der Waals surface area contributed by atoms with E-state index in [1.54, 1.807) is 0 Å². The molecule has 0 aliphatic rings. The van der Waals surface area contributed by atoms with Crippen molar-refractivity contribution >= 4 is 5.91 Å². The van der Waals surface area contributed by atoms with Gasteiger partial charge in [-0.2, -0.15) is 0 Å². The van der Waals surface area contributed by atoms with Crippen molar-refractivity contribution in [2.45, 2.75) is 58.5 Å². The van der Waals surface area contributed by atoms with E-state index >= 15 is 0 Å². The summed E-state index contributed by atoms with van der Waals surface area (Å²) in [6.45, 7) is 11.2. The first-order valence-corrected chi connectivity index (χ1v) is 7.46. The zero-order valence-electron chi connectivity index (χ0n) is 13.4. The molecule has 0 bridgehead atoms. The van der Waals surface area contributed by atoms with Gasteiger partial charge < -0.3 is 10.6 Å². The third-order valence-corrected chi connectivity index (χ3v) is 3.65. The van der Waals surface area contributed by atoms with Crippen LogP contribution in [0.5, 0.6) is 0 Å². The van der Waals surface area contributed by atoms with Gasteiger partial charge >= 0.3 is 0 Å². The molecule has 3 nitrogen and oxygen atoms in total. The van der Waals surface area contributed by atoms with Crippen LogP contribution in [0.2, 0.25) is 0 Å². The van der Waals surface area contributed by atoms with Gasteiger partial charge in [0.15, 0.2) is 0 Å². The van der Waals surface area contributed by atoms with Crippen LogP contribution < -0.4 is 10.6 Å². The van der Waals surface area contributed by atoms with E-state index in [0.29, 0.717) is 6.54 Å². The molecule has 112 valence electrons. The normalized spacial score (nSPS) is 14.7. The van der Waals surface area contributed by atoms with Gasteiger partial charge in [-0.3, -0.25) is 4.79 Å². The molecule has 1 amide bonds. The van der Waals surface area contributed by atoms with Crippen molar-refractivity contribution < 1.29 is 4.79 Å². The molecule has 2 atom stereocenters. The molecule has 3 heteroatoms. The van der Waals surface area contributed by atoms with Gasteiger partial charge in [0.05, 0.1) is 6.04 Å². The van der Waals surface area contributed by atoms with E-state index in [4.69, 9.17) is 0 Å². The van der Waals surface area contributed by atoms with E-state index in [2.05, 4.69) is 55.7 Å². The molecule has 0 aliphatic carbocycles. The van der Waals surface area contributed by atoms with Crippen molar-refractivity contribution in [3.8, 4) is 0 Å². The smallest absolute Gasteiger partial charge is 0.236 e. The van der Waals surface area contributed by atoms with Gasteiger partial charge in [-0.25, -0.2) is 0 Å². The fourth-order valence-electron chi connectivity index (χ4n) is 2.66. The summed E-state index contributed by atoms with van der Waals surface area (Å²) < 4.78 is 0. The third kappa shape index (κ3) is 4.97. The fourth-order valence-corrected chi connectivity index (χ4v) is 2.66. The van der Waals surface area contributed by atoms with E-state index in [0.717, 1.165) is 6.42 Å². The van der Waals surface area contributed by atoms with Gasteiger partial charge in [0.1, 0.15) is 0 Å². The van der Waals surface area contributed by atoms with Crippen molar-refractivity contribution in [1.82, 2.24) is 10.6 Å². The van der Waals surface area contributed by atoms with Crippen LogP contribution in [0.3, 0.4) is 0 Å². The lowest BCUT2D eigenvalue weighted by molar-refractivity contribution is -0.122. The summed E-state index contributed by atoms with van der Waals surface area (Å²) in [6, 6.07) is 10.6. The van der Waals surface area contributed by atoms with E-state index in [9.17, 15) is 4.79 Å². The molecule has 0 fully saturated rings. The summed E-state index contributed by atoms with van der Waals surface area (Å²) in [5, 5.41) is 6.22. The molecular formula is C17H28N2O. The number of carbonyl (C=O) groups excluding carboxylic acids is 1. The molecule has 0 radical (unpaired) electrons. The Bertz CT molecular complexity index is 414. The van der Waals surface area contributed by atoms with Crippen LogP contribution >= 0.6 is 0 Å². The quantitative estimate of drug-likeness (QED) is 0.804. The Balaban J connectivity index is 2.57. The second kappa shape index (κ2) is 7.44. The number of amides is 1. The highest BCUT2D eigenvalue weighted by Crippen LogP contribution is 2.28. The molecule has 0 spiro atoms. The van der Waals surface area contributed by atoms with Crippen LogP contribution in [0.1, 0.15) is 46.6 Å². The Hall–Kier alpha value is -1.35. The number of rotatable bonds is 7. The predicted octanol–water partition coefficient (Wildman–Crippen LogP) is 2.86. The monoisotopic (exact) mass is 276 g/mol. The zero-order chi connectivity index (χ0) is 15.2. The van der Waals surface area contributed by atoms with Gasteiger partial charge in [0, 0.05) is 12.6 Å². The van der Waals surface area contributed by atoms with Crippen LogP contribution in [0.4, 0.5) is 0 Å². The number of hydrogen-bond donors (Lipinski definition) is 2. The van der Waals surface area contributed by atoms with Crippen molar-refractivity contribution in [2.24, 2.45) is 0 Å². The first kappa shape index (κ1) is 16.7. The Morgan fingerprint density at radius 3 is 2.35 bits per heavy atom. The molecular weight excluding hydrogens is 248 g/mol. The molecule has 2 unspecified atom stereocenters. The summed E-state index contributed by atoms with van der Waals surface area (Å²) >= 11 is 0. The summed E-state index contributed by atoms with van der Waals surface area (Å²) in [5.74, 6) is 0.0665. The van der Waals surface area contributed by atoms with E-state index in [1.807, 2.05) is 19.9 Å². The summed E-state index contributed by atoms with van der Waals surface area (Å²) in [7, 11) is 0. The maximum Gasteiger partial charge on any atom is 0.236 e. The maximum atomic E-state index is 11.7. The largest absolute Gasteiger partial charge is 0.355 e. The SMILES string of the molecule is CCNC(=O)C(C)NC(C)CC(C)(C)c1ccccc1. The average Bonchev–Trinajstić information content (AvgIpc) is 2.39. The van der Waals surface area contributed by atoms with Crippen molar-refractivity contribution in [2.75, 3.05) is 6.54 Å². The van der Waals surface area contributed by atoms with Crippen LogP contribution in [-0.4, -0.2) is 24.5 Å². The highest BCUT2D eigenvalue weighted by Gasteiger charge is 2.24. The average molecular weight is 276 g/mol. The molecule has 0 saturated heterocycles. The number of hydrogen-bond acceptors (Lipinski definition) is 2. The summed E-state index contributed by atoms with van der Waals surface area (Å²) in [6.07, 6.45) is 0.987. The number of carbonyl (C=O) groups is 1. The highest BCUT2D eigenvalue weighted by atomic mass is 16.2. The second-order valence-electron chi connectivity index (χ2n) is 6.14. The lowest BCUT2D eigenvalue weighted by atomic mass is 9.79. The van der Waals surface area contributed by atoms with Crippen LogP contribution in [0.25, 0.3) is 0 Å². The van der Waals surface area contributed by atoms with Gasteiger partial charge in [-0.05, 0) is 38.2 Å². The standard InChI is InChI=1S/C17H28N2O/c1-6-18-16(20)14(3)19-13(2)12-17(4,5)15-10-8-7-9-11-15/h7-11,13-14,19H,6,12H2,1-5H3,(H,18,20). The minimum absolute atomic E-state index is 0.0665. The van der Waals surface area contributed by atoms with Gasteiger partial charge in [0.2, 0.25) is 5.91 Å². The molecule has 0 heterocycles. The molecule has 0 saturated carbocycles. The summed E-state index contributed by atoms with van der Waals surface area (Å²) in [5.41, 5.74) is 1.42. The van der Waals surface area contributed by atoms with E-state index in [1.165, 1.54) is 5.56 Å². The third-order valence-electron chi connectivity index (χ3n) is 3.65. The van der Waals surface area contributed by atoms with E-state index in [-0.39, 0.29) is 23.4 Å². The first-order valence-electron chi connectivity index (χ1n) is 7.46. The minimum atomic E-state index is -0.156. The van der Waals surface area contributed by atoms with Crippen LogP contribution in [0.15, 0.2) is 30.3 Å². The van der Waals surface area contributed by atoms with Crippen molar-refractivity contribution in [3.63, 3.8) is 0 Å². The highest BCUT2D eigenvalue weighted by molar-refractivity contribution is 5.81. The first-order chi connectivity index (χ1) is 9.36. The molecule has 0 aromatic heterocycles. The molecule has 0 aliphatic heterocycles. The zero-order valence-corrected chi connectivity index (χ0v) is 13.4. The number of benzene rings is 1. The summed E-state index contributed by atoms with van der Waals surface area (Å²) in [4.78, 5) is 11.7. The Labute approximate surface area is 123 Å². The van der Waals surface area contributed by atoms with Crippen LogP contribution in [0, 0.1) is 0 Å². The molecule has 1 aromatic rings. The number of likely N-dealkylation sites (N-methyl/N-ethyl adjacent to an activating group) is 1. The maximum absolute atomic E-state index is 11.7. The van der Waals surface area contributed by atoms with Crippen molar-refractivity contribution in [1.29, 1.82) is 0 Å². The fraction of sp³-hybridized carbons (Fsp3) is 0.588. The topological polar surface area (TPSA) is 41.1 Å². The Morgan fingerprint density at radius 1 is 1.20 bits per heavy atom. The van der Waals surface area contributed by atoms with Gasteiger partial charge in [-0.15, -0.1) is 0 Å². The molecule has 1 aromatic carbocycles. The van der Waals surface area contributed by atoms with E-state index < -0.39 is 0 Å². The Kier molecular flexibility index (Phi) is 6.21. The van der Waals surface area contributed by atoms with Crippen LogP contribution in [-0.2, 0) is 10.2 Å². The molecule has 1 rings (SSSR count). The second-order valence-corrected chi connectivity index (χ2v) is 6.14. The molecule has 2 N–H and O–H groups in total. The Morgan fingerprint density at radius 2 is 1.80 bits per heavy atom. The van der Waals surface area contributed by atoms with Crippen molar-refractivity contribution in [3.05, 3.63) is 35.9 Å². The number of nitrogens with one attached hydrogen (secondary N) is 2. The van der Waals surface area contributed by atoms with Gasteiger partial charge in [0.25, 0.3) is 0 Å². The predicted molar refractivity (Wildman–Crippen MR) is 84.8 cm³/mol. The van der Waals surface area contributed by atoms with Gasteiger partial charge in [-0.1, -0.05) is 44.2 Å². The lowest BCUT2D eigenvalue weighted by Crippen LogP contribution is -2.47.